The zero-order valence-electron chi connectivity index (χ0n) is 9.79. The number of H-pyrrole nitrogens is 1. The van der Waals surface area contributed by atoms with Crippen molar-refractivity contribution in [3.8, 4) is 0 Å². The van der Waals surface area contributed by atoms with E-state index in [-0.39, 0.29) is 5.69 Å². The van der Waals surface area contributed by atoms with Crippen LogP contribution in [0.4, 0.5) is 0 Å². The number of hydrogen-bond donors (Lipinski definition) is 2. The highest BCUT2D eigenvalue weighted by atomic mass is 35.5. The van der Waals surface area contributed by atoms with Gasteiger partial charge in [-0.3, -0.25) is 0 Å². The first-order chi connectivity index (χ1) is 8.99. The molecule has 0 saturated heterocycles. The molecule has 2 heterocycles. The number of rotatable bonds is 1. The highest BCUT2D eigenvalue weighted by molar-refractivity contribution is 6.40. The first-order valence-electron chi connectivity index (χ1n) is 5.48. The number of carboxylic acid groups (broad SMARTS) is 1. The summed E-state index contributed by atoms with van der Waals surface area (Å²) in [4.78, 5) is 18.6. The van der Waals surface area contributed by atoms with Gasteiger partial charge in [0.05, 0.1) is 16.1 Å². The molecule has 3 aromatic rings. The third kappa shape index (κ3) is 1.76. The average molecular weight is 295 g/mol. The fraction of sp³-hybridized carbons (Fsp3) is 0.0769. The van der Waals surface area contributed by atoms with Crippen molar-refractivity contribution >= 4 is 51.0 Å². The highest BCUT2D eigenvalue weighted by Crippen LogP contribution is 2.34. The van der Waals surface area contributed by atoms with Crippen molar-refractivity contribution in [2.75, 3.05) is 0 Å². The van der Waals surface area contributed by atoms with Crippen LogP contribution in [0.15, 0.2) is 18.3 Å². The Morgan fingerprint density at radius 3 is 2.74 bits per heavy atom. The van der Waals surface area contributed by atoms with E-state index < -0.39 is 5.97 Å². The summed E-state index contributed by atoms with van der Waals surface area (Å²) in [5.74, 6) is -1.08. The number of fused-ring (bicyclic) bond motifs is 3. The van der Waals surface area contributed by atoms with E-state index in [1.54, 1.807) is 18.3 Å². The predicted octanol–water partition coefficient (Wildman–Crippen LogP) is 4.03. The van der Waals surface area contributed by atoms with Crippen LogP contribution in [0.2, 0.25) is 10.0 Å². The third-order valence-electron chi connectivity index (χ3n) is 3.03. The molecule has 96 valence electrons. The van der Waals surface area contributed by atoms with Crippen molar-refractivity contribution in [1.82, 2.24) is 9.97 Å². The molecule has 0 unspecified atom stereocenters. The van der Waals surface area contributed by atoms with Crippen LogP contribution in [-0.2, 0) is 0 Å². The average Bonchev–Trinajstić information content (AvgIpc) is 2.69. The molecule has 0 spiro atoms. The van der Waals surface area contributed by atoms with Gasteiger partial charge in [0.25, 0.3) is 0 Å². The molecule has 0 fully saturated rings. The smallest absolute Gasteiger partial charge is 0.355 e. The Labute approximate surface area is 118 Å². The van der Waals surface area contributed by atoms with Gasteiger partial charge in [0.15, 0.2) is 5.69 Å². The van der Waals surface area contributed by atoms with Crippen LogP contribution >= 0.6 is 23.2 Å². The first kappa shape index (κ1) is 12.3. The Morgan fingerprint density at radius 1 is 1.32 bits per heavy atom. The molecule has 4 nitrogen and oxygen atoms in total. The lowest BCUT2D eigenvalue weighted by Gasteiger charge is -2.06. The van der Waals surface area contributed by atoms with Gasteiger partial charge in [-0.2, -0.15) is 0 Å². The third-order valence-corrected chi connectivity index (χ3v) is 3.55. The van der Waals surface area contributed by atoms with Crippen molar-refractivity contribution in [3.63, 3.8) is 0 Å². The zero-order valence-corrected chi connectivity index (χ0v) is 11.3. The zero-order chi connectivity index (χ0) is 13.7. The minimum Gasteiger partial charge on any atom is -0.476 e. The number of aryl methyl sites for hydroxylation is 1. The van der Waals surface area contributed by atoms with Gasteiger partial charge in [0.2, 0.25) is 0 Å². The number of pyridine rings is 1. The monoisotopic (exact) mass is 294 g/mol. The lowest BCUT2D eigenvalue weighted by molar-refractivity contribution is 0.0693. The molecule has 0 bridgehead atoms. The normalized spacial score (nSPS) is 11.3. The van der Waals surface area contributed by atoms with Gasteiger partial charge in [0.1, 0.15) is 0 Å². The molecule has 1 aromatic carbocycles. The molecule has 19 heavy (non-hydrogen) atoms. The van der Waals surface area contributed by atoms with Crippen LogP contribution in [-0.4, -0.2) is 21.0 Å². The summed E-state index contributed by atoms with van der Waals surface area (Å²) in [7, 11) is 0. The largest absolute Gasteiger partial charge is 0.476 e. The van der Waals surface area contributed by atoms with Crippen LogP contribution in [0.1, 0.15) is 16.1 Å². The SMILES string of the molecule is Cc1c[nH]c2c1c(C(=O)O)nc1cc(Cl)cc(Cl)c12. The van der Waals surface area contributed by atoms with E-state index in [1.165, 1.54) is 0 Å². The second-order valence-corrected chi connectivity index (χ2v) is 5.11. The molecular weight excluding hydrogens is 287 g/mol. The summed E-state index contributed by atoms with van der Waals surface area (Å²) in [5, 5.41) is 11.4. The van der Waals surface area contributed by atoms with E-state index in [9.17, 15) is 9.90 Å². The summed E-state index contributed by atoms with van der Waals surface area (Å²) in [6.07, 6.45) is 1.74. The van der Waals surface area contributed by atoms with E-state index in [4.69, 9.17) is 23.2 Å². The molecule has 2 aromatic heterocycles. The lowest BCUT2D eigenvalue weighted by atomic mass is 10.1. The molecule has 3 rings (SSSR count). The maximum absolute atomic E-state index is 11.3. The fourth-order valence-corrected chi connectivity index (χ4v) is 2.83. The van der Waals surface area contributed by atoms with E-state index >= 15 is 0 Å². The molecule has 0 saturated carbocycles. The molecule has 6 heteroatoms. The Hall–Kier alpha value is -1.78. The van der Waals surface area contributed by atoms with Crippen LogP contribution in [0.3, 0.4) is 0 Å². The topological polar surface area (TPSA) is 66.0 Å². The van der Waals surface area contributed by atoms with Gasteiger partial charge in [-0.1, -0.05) is 23.2 Å². The van der Waals surface area contributed by atoms with E-state index in [2.05, 4.69) is 9.97 Å². The van der Waals surface area contributed by atoms with Crippen molar-refractivity contribution in [1.29, 1.82) is 0 Å². The maximum Gasteiger partial charge on any atom is 0.355 e. The number of aromatic carboxylic acids is 1. The van der Waals surface area contributed by atoms with Crippen LogP contribution < -0.4 is 0 Å². The lowest BCUT2D eigenvalue weighted by Crippen LogP contribution is -2.02. The summed E-state index contributed by atoms with van der Waals surface area (Å²) >= 11 is 12.1. The number of benzene rings is 1. The quantitative estimate of drug-likeness (QED) is 0.712. The van der Waals surface area contributed by atoms with Gasteiger partial charge in [-0.25, -0.2) is 9.78 Å². The highest BCUT2D eigenvalue weighted by Gasteiger charge is 2.18. The number of nitrogens with zero attached hydrogens (tertiary/aromatic N) is 1. The number of nitrogens with one attached hydrogen (secondary N) is 1. The molecule has 0 aliphatic rings. The first-order valence-corrected chi connectivity index (χ1v) is 6.24. The van der Waals surface area contributed by atoms with Crippen LogP contribution in [0, 0.1) is 6.92 Å². The summed E-state index contributed by atoms with van der Waals surface area (Å²) < 4.78 is 0. The molecule has 0 atom stereocenters. The Morgan fingerprint density at radius 2 is 2.05 bits per heavy atom. The molecule has 0 aliphatic carbocycles. The standard InChI is InChI=1S/C13H8Cl2N2O2/c1-5-4-16-11-9(5)12(13(18)19)17-8-3-6(14)2-7(15)10(8)11/h2-4,16H,1H3,(H,18,19). The minimum atomic E-state index is -1.08. The predicted molar refractivity (Wildman–Crippen MR) is 75.3 cm³/mol. The van der Waals surface area contributed by atoms with Gasteiger partial charge in [-0.15, -0.1) is 0 Å². The number of aromatic amines is 1. The van der Waals surface area contributed by atoms with Crippen molar-refractivity contribution in [3.05, 3.63) is 39.6 Å². The summed E-state index contributed by atoms with van der Waals surface area (Å²) in [6.45, 7) is 1.82. The van der Waals surface area contributed by atoms with Crippen molar-refractivity contribution < 1.29 is 9.90 Å². The molecule has 0 radical (unpaired) electrons. The number of halogens is 2. The van der Waals surface area contributed by atoms with E-state index in [0.717, 1.165) is 5.56 Å². The summed E-state index contributed by atoms with van der Waals surface area (Å²) in [6, 6.07) is 3.22. The number of carboxylic acids is 1. The maximum atomic E-state index is 11.3. The number of aromatic nitrogens is 2. The van der Waals surface area contributed by atoms with E-state index in [0.29, 0.717) is 31.9 Å². The second-order valence-electron chi connectivity index (χ2n) is 4.27. The van der Waals surface area contributed by atoms with Gasteiger partial charge >= 0.3 is 5.97 Å². The van der Waals surface area contributed by atoms with Gasteiger partial charge < -0.3 is 10.1 Å². The Balaban J connectivity index is 2.62. The number of carbonyl (C=O) groups is 1. The molecular formula is C13H8Cl2N2O2. The van der Waals surface area contributed by atoms with Crippen molar-refractivity contribution in [2.24, 2.45) is 0 Å². The van der Waals surface area contributed by atoms with Crippen molar-refractivity contribution in [2.45, 2.75) is 6.92 Å². The Kier molecular flexibility index (Phi) is 2.66. The fourth-order valence-electron chi connectivity index (χ4n) is 2.25. The minimum absolute atomic E-state index is 0.000386. The molecule has 0 amide bonds. The van der Waals surface area contributed by atoms with Gasteiger partial charge in [0, 0.05) is 22.0 Å². The van der Waals surface area contributed by atoms with Crippen LogP contribution in [0.5, 0.6) is 0 Å². The second kappa shape index (κ2) is 4.11. The summed E-state index contributed by atoms with van der Waals surface area (Å²) in [5.41, 5.74) is 1.94. The Bertz CT molecular complexity index is 840. The van der Waals surface area contributed by atoms with Gasteiger partial charge in [-0.05, 0) is 24.6 Å². The number of hydrogen-bond acceptors (Lipinski definition) is 2. The molecule has 0 aliphatic heterocycles. The van der Waals surface area contributed by atoms with E-state index in [1.807, 2.05) is 6.92 Å². The molecule has 2 N–H and O–H groups in total. The van der Waals surface area contributed by atoms with Crippen LogP contribution in [0.25, 0.3) is 21.8 Å².